The van der Waals surface area contributed by atoms with Gasteiger partial charge in [0.15, 0.2) is 11.4 Å². The maximum absolute atomic E-state index is 13.3. The standard InChI is InChI=1S/C25H30Cl2O5/c1-14(2)7-6-8-16(5)9-10-17(15(3)4)13-24(32)22(30)19-11-18(28)12-20(29)21(19)23(31)25(24,26)27/h7,9,11-12,28-29,32H,6,8,10,13H2,1-5H3. The lowest BCUT2D eigenvalue weighted by Crippen LogP contribution is -2.60. The average Bonchev–Trinajstić information content (AvgIpc) is 2.67. The minimum atomic E-state index is -2.51. The van der Waals surface area contributed by atoms with Crippen molar-refractivity contribution >= 4 is 34.8 Å². The van der Waals surface area contributed by atoms with Crippen LogP contribution in [0.15, 0.2) is 46.6 Å². The highest BCUT2D eigenvalue weighted by Gasteiger charge is 2.63. The molecule has 1 aliphatic rings. The molecule has 0 spiro atoms. The van der Waals surface area contributed by atoms with E-state index in [1.54, 1.807) is 0 Å². The summed E-state index contributed by atoms with van der Waals surface area (Å²) in [5.41, 5.74) is 0.807. The van der Waals surface area contributed by atoms with Gasteiger partial charge in [0, 0.05) is 18.1 Å². The Balaban J connectivity index is 2.41. The van der Waals surface area contributed by atoms with Crippen molar-refractivity contribution in [3.8, 4) is 11.5 Å². The van der Waals surface area contributed by atoms with Crippen LogP contribution in [0.1, 0.15) is 81.0 Å². The van der Waals surface area contributed by atoms with Gasteiger partial charge in [-0.2, -0.15) is 0 Å². The third-order valence-corrected chi connectivity index (χ3v) is 6.69. The first-order valence-electron chi connectivity index (χ1n) is 10.4. The van der Waals surface area contributed by atoms with Crippen molar-refractivity contribution in [3.05, 3.63) is 57.7 Å². The summed E-state index contributed by atoms with van der Waals surface area (Å²) in [6.45, 7) is 9.80. The molecule has 1 aromatic rings. The number of hydrogen-bond acceptors (Lipinski definition) is 5. The highest BCUT2D eigenvalue weighted by molar-refractivity contribution is 6.63. The highest BCUT2D eigenvalue weighted by Crippen LogP contribution is 2.50. The Morgan fingerprint density at radius 2 is 1.62 bits per heavy atom. The van der Waals surface area contributed by atoms with Crippen LogP contribution < -0.4 is 0 Å². The normalized spacial score (nSPS) is 20.1. The number of Topliss-reactive ketones (excluding diaryl/α,β-unsaturated/α-hetero) is 2. The molecule has 0 radical (unpaired) electrons. The number of fused-ring (bicyclic) bond motifs is 1. The van der Waals surface area contributed by atoms with Gasteiger partial charge >= 0.3 is 0 Å². The van der Waals surface area contributed by atoms with Crippen LogP contribution in [0.3, 0.4) is 0 Å². The maximum Gasteiger partial charge on any atom is 0.216 e. The third kappa shape index (κ3) is 5.11. The first-order valence-corrected chi connectivity index (χ1v) is 11.2. The van der Waals surface area contributed by atoms with Gasteiger partial charge in [-0.05, 0) is 59.9 Å². The lowest BCUT2D eigenvalue weighted by atomic mass is 9.73. The zero-order valence-electron chi connectivity index (χ0n) is 19.1. The SMILES string of the molecule is CC(C)=CCCC(C)=CCC(CC1(O)C(=O)c2cc(O)cc(O)c2C(=O)C1(Cl)Cl)=C(C)C. The zero-order valence-corrected chi connectivity index (χ0v) is 20.6. The van der Waals surface area contributed by atoms with E-state index in [1.807, 2.05) is 40.7 Å². The Bertz CT molecular complexity index is 1030. The number of aliphatic hydroxyl groups is 1. The monoisotopic (exact) mass is 480 g/mol. The van der Waals surface area contributed by atoms with E-state index in [4.69, 9.17) is 23.2 Å². The van der Waals surface area contributed by atoms with Crippen molar-refractivity contribution in [1.82, 2.24) is 0 Å². The number of hydrogen-bond donors (Lipinski definition) is 3. The number of benzene rings is 1. The van der Waals surface area contributed by atoms with Gasteiger partial charge in [0.2, 0.25) is 10.1 Å². The number of carbonyl (C=O) groups is 2. The molecule has 0 amide bonds. The first kappa shape index (κ1) is 26.2. The van der Waals surface area contributed by atoms with Crippen LogP contribution in [0.2, 0.25) is 0 Å². The molecule has 0 saturated heterocycles. The molecule has 5 nitrogen and oxygen atoms in total. The molecule has 0 aliphatic heterocycles. The fourth-order valence-corrected chi connectivity index (χ4v) is 4.18. The summed E-state index contributed by atoms with van der Waals surface area (Å²) in [6, 6.07) is 1.95. The molecular formula is C25H30Cl2O5. The number of halogens is 2. The van der Waals surface area contributed by atoms with E-state index in [9.17, 15) is 24.9 Å². The van der Waals surface area contributed by atoms with Crippen molar-refractivity contribution in [2.75, 3.05) is 0 Å². The van der Waals surface area contributed by atoms with Gasteiger partial charge in [-0.15, -0.1) is 0 Å². The topological polar surface area (TPSA) is 94.8 Å². The fraction of sp³-hybridized carbons (Fsp3) is 0.440. The molecule has 32 heavy (non-hydrogen) atoms. The molecular weight excluding hydrogens is 451 g/mol. The van der Waals surface area contributed by atoms with Gasteiger partial charge in [0.05, 0.1) is 5.56 Å². The Kier molecular flexibility index (Phi) is 8.03. The number of rotatable bonds is 7. The molecule has 174 valence electrons. The Morgan fingerprint density at radius 3 is 2.19 bits per heavy atom. The summed E-state index contributed by atoms with van der Waals surface area (Å²) >= 11 is 12.6. The van der Waals surface area contributed by atoms with Gasteiger partial charge in [0.1, 0.15) is 11.5 Å². The van der Waals surface area contributed by atoms with Gasteiger partial charge in [-0.25, -0.2) is 0 Å². The van der Waals surface area contributed by atoms with E-state index in [0.29, 0.717) is 12.0 Å². The van der Waals surface area contributed by atoms with E-state index >= 15 is 0 Å². The maximum atomic E-state index is 13.3. The molecule has 0 aromatic heterocycles. The van der Waals surface area contributed by atoms with E-state index < -0.39 is 38.6 Å². The number of alkyl halides is 2. The van der Waals surface area contributed by atoms with Crippen LogP contribution in [0.25, 0.3) is 0 Å². The lowest BCUT2D eigenvalue weighted by molar-refractivity contribution is 0.0195. The summed E-state index contributed by atoms with van der Waals surface area (Å²) in [7, 11) is 0. The van der Waals surface area contributed by atoms with Crippen LogP contribution in [-0.2, 0) is 0 Å². The smallest absolute Gasteiger partial charge is 0.216 e. The molecule has 0 saturated carbocycles. The second-order valence-electron chi connectivity index (χ2n) is 8.84. The second kappa shape index (κ2) is 9.82. The minimum Gasteiger partial charge on any atom is -0.508 e. The zero-order chi connectivity index (χ0) is 24.4. The number of carbonyl (C=O) groups excluding carboxylic acids is 2. The van der Waals surface area contributed by atoms with Gasteiger partial charge in [-0.1, -0.05) is 57.6 Å². The lowest BCUT2D eigenvalue weighted by Gasteiger charge is -2.41. The quantitative estimate of drug-likeness (QED) is 0.319. The molecule has 0 heterocycles. The molecule has 1 aliphatic carbocycles. The number of ketones is 2. The molecule has 0 bridgehead atoms. The molecule has 2 rings (SSSR count). The van der Waals surface area contributed by atoms with Crippen molar-refractivity contribution in [1.29, 1.82) is 0 Å². The number of phenolic OH excluding ortho intramolecular Hbond substituents is 2. The summed E-state index contributed by atoms with van der Waals surface area (Å²) in [4.78, 5) is 26.2. The fourth-order valence-electron chi connectivity index (χ4n) is 3.68. The largest absolute Gasteiger partial charge is 0.508 e. The Morgan fingerprint density at radius 1 is 1.00 bits per heavy atom. The molecule has 1 unspecified atom stereocenters. The van der Waals surface area contributed by atoms with Crippen molar-refractivity contribution in [3.63, 3.8) is 0 Å². The molecule has 1 aromatic carbocycles. The number of phenols is 2. The van der Waals surface area contributed by atoms with Gasteiger partial charge in [0.25, 0.3) is 0 Å². The average molecular weight is 481 g/mol. The highest BCUT2D eigenvalue weighted by atomic mass is 35.5. The summed E-state index contributed by atoms with van der Waals surface area (Å²) in [6.07, 6.45) is 6.17. The summed E-state index contributed by atoms with van der Waals surface area (Å²) in [5, 5.41) is 31.3. The minimum absolute atomic E-state index is 0.263. The van der Waals surface area contributed by atoms with Crippen LogP contribution in [0.5, 0.6) is 11.5 Å². The molecule has 1 atom stereocenters. The first-order chi connectivity index (χ1) is 14.7. The number of allylic oxidation sites excluding steroid dienone is 5. The van der Waals surface area contributed by atoms with Crippen molar-refractivity contribution in [2.45, 2.75) is 70.2 Å². The van der Waals surface area contributed by atoms with Gasteiger partial charge < -0.3 is 15.3 Å². The predicted octanol–water partition coefficient (Wildman–Crippen LogP) is 6.19. The van der Waals surface area contributed by atoms with E-state index in [2.05, 4.69) is 6.08 Å². The molecule has 3 N–H and O–H groups in total. The van der Waals surface area contributed by atoms with E-state index in [0.717, 1.165) is 36.1 Å². The summed E-state index contributed by atoms with van der Waals surface area (Å²) < 4.78 is -2.51. The molecule has 0 fully saturated rings. The van der Waals surface area contributed by atoms with Crippen molar-refractivity contribution < 1.29 is 24.9 Å². The Labute approximate surface area is 199 Å². The van der Waals surface area contributed by atoms with Crippen LogP contribution in [0, 0.1) is 0 Å². The second-order valence-corrected chi connectivity index (χ2v) is 10.2. The predicted molar refractivity (Wildman–Crippen MR) is 128 cm³/mol. The van der Waals surface area contributed by atoms with Crippen LogP contribution in [0.4, 0.5) is 0 Å². The van der Waals surface area contributed by atoms with Gasteiger partial charge in [-0.3, -0.25) is 9.59 Å². The number of aromatic hydroxyl groups is 2. The van der Waals surface area contributed by atoms with E-state index in [-0.39, 0.29) is 12.0 Å². The van der Waals surface area contributed by atoms with Crippen LogP contribution in [-0.4, -0.2) is 36.8 Å². The summed E-state index contributed by atoms with van der Waals surface area (Å²) in [5.74, 6) is -2.95. The molecule has 7 heteroatoms. The third-order valence-electron chi connectivity index (χ3n) is 5.72. The Hall–Kier alpha value is -2.08. The van der Waals surface area contributed by atoms with Crippen LogP contribution >= 0.6 is 23.2 Å². The van der Waals surface area contributed by atoms with Crippen molar-refractivity contribution in [2.24, 2.45) is 0 Å². The van der Waals surface area contributed by atoms with E-state index in [1.165, 1.54) is 5.57 Å².